The van der Waals surface area contributed by atoms with Gasteiger partial charge >= 0.3 is 5.97 Å². The van der Waals surface area contributed by atoms with Gasteiger partial charge in [0.05, 0.1) is 17.0 Å². The van der Waals surface area contributed by atoms with Crippen molar-refractivity contribution in [2.75, 3.05) is 26.2 Å². The molecule has 10 nitrogen and oxygen atoms in total. The molecule has 0 aliphatic carbocycles. The van der Waals surface area contributed by atoms with Crippen molar-refractivity contribution in [2.45, 2.75) is 63.6 Å². The summed E-state index contributed by atoms with van der Waals surface area (Å²) in [6.07, 6.45) is 2.91. The molecule has 0 saturated carbocycles. The van der Waals surface area contributed by atoms with Gasteiger partial charge in [0.15, 0.2) is 0 Å². The van der Waals surface area contributed by atoms with Crippen molar-refractivity contribution in [3.05, 3.63) is 34.9 Å². The highest BCUT2D eigenvalue weighted by atomic mass is 16.4. The van der Waals surface area contributed by atoms with Crippen LogP contribution in [0.2, 0.25) is 0 Å². The predicted octanol–water partition coefficient (Wildman–Crippen LogP) is 0.890. The fraction of sp³-hybridized carbons (Fsp3) is 0.577. The maximum absolute atomic E-state index is 13.1. The third-order valence-electron chi connectivity index (χ3n) is 8.24. The van der Waals surface area contributed by atoms with Gasteiger partial charge in [0, 0.05) is 44.2 Å². The molecule has 0 spiro atoms. The molecule has 0 bridgehead atoms. The van der Waals surface area contributed by atoms with Crippen LogP contribution in [0.25, 0.3) is 0 Å². The Kier molecular flexibility index (Phi) is 6.20. The van der Waals surface area contributed by atoms with Crippen LogP contribution in [0.15, 0.2) is 18.2 Å². The van der Waals surface area contributed by atoms with Gasteiger partial charge in [-0.3, -0.25) is 44.0 Å². The summed E-state index contributed by atoms with van der Waals surface area (Å²) < 4.78 is 0. The van der Waals surface area contributed by atoms with E-state index in [0.717, 1.165) is 36.4 Å². The second kappa shape index (κ2) is 9.08. The molecular formula is C26H32N4O6. The summed E-state index contributed by atoms with van der Waals surface area (Å²) in [6, 6.07) is 4.77. The molecule has 0 aromatic heterocycles. The number of rotatable bonds is 6. The van der Waals surface area contributed by atoms with E-state index in [9.17, 15) is 24.0 Å². The fourth-order valence-corrected chi connectivity index (χ4v) is 6.04. The van der Waals surface area contributed by atoms with Crippen molar-refractivity contribution in [2.24, 2.45) is 5.92 Å². The number of fused-ring (bicyclic) bond motifs is 1. The Morgan fingerprint density at radius 1 is 1.03 bits per heavy atom. The van der Waals surface area contributed by atoms with Crippen molar-refractivity contribution >= 4 is 29.6 Å². The number of carbonyl (C=O) groups is 5. The molecule has 1 unspecified atom stereocenters. The molecular weight excluding hydrogens is 464 g/mol. The quantitative estimate of drug-likeness (QED) is 0.556. The normalized spacial score (nSPS) is 24.6. The predicted molar refractivity (Wildman–Crippen MR) is 128 cm³/mol. The van der Waals surface area contributed by atoms with E-state index in [2.05, 4.69) is 29.0 Å². The highest BCUT2D eigenvalue weighted by molar-refractivity contribution is 6.23. The summed E-state index contributed by atoms with van der Waals surface area (Å²) in [7, 11) is 0. The first kappa shape index (κ1) is 24.6. The minimum Gasteiger partial charge on any atom is -0.481 e. The number of amides is 4. The summed E-state index contributed by atoms with van der Waals surface area (Å²) in [6.45, 7) is 7.46. The molecule has 1 atom stereocenters. The van der Waals surface area contributed by atoms with Gasteiger partial charge in [0.25, 0.3) is 11.8 Å². The number of benzene rings is 1. The molecule has 2 N–H and O–H groups in total. The van der Waals surface area contributed by atoms with Gasteiger partial charge in [-0.1, -0.05) is 6.07 Å². The summed E-state index contributed by atoms with van der Waals surface area (Å²) in [5.74, 6) is -2.93. The average molecular weight is 497 g/mol. The van der Waals surface area contributed by atoms with Crippen LogP contribution >= 0.6 is 0 Å². The van der Waals surface area contributed by atoms with Crippen LogP contribution in [0, 0.1) is 5.92 Å². The fourth-order valence-electron chi connectivity index (χ4n) is 6.04. The standard InChI is InChI=1S/C26H32N4O6/c1-26(2,29-9-7-17(8-10-29)28-13-16(14-28)25(35)36)12-15-3-4-18-19(11-15)24(34)30(23(18)33)20-5-6-21(31)27-22(20)32/h3-4,11,16-17,20H,5-10,12-14H2,1-2H3,(H,35,36)(H,27,31,32). The van der Waals surface area contributed by atoms with Gasteiger partial charge in [-0.2, -0.15) is 0 Å². The van der Waals surface area contributed by atoms with Crippen molar-refractivity contribution in [3.8, 4) is 0 Å². The minimum absolute atomic E-state index is 0.0951. The lowest BCUT2D eigenvalue weighted by Gasteiger charge is -2.49. The second-order valence-electron chi connectivity index (χ2n) is 11.0. The van der Waals surface area contributed by atoms with Crippen LogP contribution in [0.3, 0.4) is 0 Å². The molecule has 0 radical (unpaired) electrons. The molecule has 1 aromatic rings. The van der Waals surface area contributed by atoms with Crippen LogP contribution in [0.4, 0.5) is 0 Å². The summed E-state index contributed by atoms with van der Waals surface area (Å²) in [5, 5.41) is 11.3. The topological polar surface area (TPSA) is 127 Å². The molecule has 36 heavy (non-hydrogen) atoms. The van der Waals surface area contributed by atoms with Gasteiger partial charge in [-0.25, -0.2) is 0 Å². The van der Waals surface area contributed by atoms with Gasteiger partial charge in [0.2, 0.25) is 11.8 Å². The van der Waals surface area contributed by atoms with Gasteiger partial charge in [-0.05, 0) is 57.2 Å². The number of imide groups is 2. The maximum atomic E-state index is 13.1. The van der Waals surface area contributed by atoms with E-state index in [1.54, 1.807) is 12.1 Å². The third-order valence-corrected chi connectivity index (χ3v) is 8.24. The number of hydrogen-bond donors (Lipinski definition) is 2. The molecule has 3 fully saturated rings. The number of nitrogens with one attached hydrogen (secondary N) is 1. The van der Waals surface area contributed by atoms with Gasteiger partial charge in [0.1, 0.15) is 6.04 Å². The maximum Gasteiger partial charge on any atom is 0.309 e. The number of carboxylic acids is 1. The van der Waals surface area contributed by atoms with E-state index in [1.165, 1.54) is 0 Å². The lowest BCUT2D eigenvalue weighted by molar-refractivity contribution is -0.149. The number of nitrogens with zero attached hydrogens (tertiary/aromatic N) is 3. The van der Waals surface area contributed by atoms with Crippen molar-refractivity contribution < 1.29 is 29.1 Å². The summed E-state index contributed by atoms with van der Waals surface area (Å²) >= 11 is 0. The van der Waals surface area contributed by atoms with E-state index in [0.29, 0.717) is 36.7 Å². The highest BCUT2D eigenvalue weighted by Crippen LogP contribution is 2.32. The third kappa shape index (κ3) is 4.32. The molecule has 192 valence electrons. The Labute approximate surface area is 209 Å². The van der Waals surface area contributed by atoms with E-state index < -0.39 is 35.6 Å². The SMILES string of the molecule is CC(C)(Cc1ccc2c(c1)C(=O)N(C1CCC(=O)NC1=O)C2=O)N1CCC(N2CC(C(=O)O)C2)CC1. The van der Waals surface area contributed by atoms with Crippen LogP contribution in [0.1, 0.15) is 65.8 Å². The molecule has 5 rings (SSSR count). The van der Waals surface area contributed by atoms with E-state index in [-0.39, 0.29) is 24.3 Å². The zero-order valence-corrected chi connectivity index (χ0v) is 20.7. The first-order valence-corrected chi connectivity index (χ1v) is 12.6. The number of likely N-dealkylation sites (tertiary alicyclic amines) is 2. The minimum atomic E-state index is -0.964. The number of carbonyl (C=O) groups excluding carboxylic acids is 4. The lowest BCUT2D eigenvalue weighted by Crippen LogP contribution is -2.59. The first-order valence-electron chi connectivity index (χ1n) is 12.6. The monoisotopic (exact) mass is 496 g/mol. The Morgan fingerprint density at radius 3 is 2.33 bits per heavy atom. The summed E-state index contributed by atoms with van der Waals surface area (Å²) in [4.78, 5) is 66.7. The van der Waals surface area contributed by atoms with Crippen molar-refractivity contribution in [3.63, 3.8) is 0 Å². The Morgan fingerprint density at radius 2 is 1.69 bits per heavy atom. The van der Waals surface area contributed by atoms with E-state index >= 15 is 0 Å². The van der Waals surface area contributed by atoms with E-state index in [4.69, 9.17) is 5.11 Å². The molecule has 4 aliphatic rings. The van der Waals surface area contributed by atoms with Crippen LogP contribution < -0.4 is 5.32 Å². The average Bonchev–Trinajstić information content (AvgIpc) is 3.02. The highest BCUT2D eigenvalue weighted by Gasteiger charge is 2.45. The van der Waals surface area contributed by atoms with Crippen molar-refractivity contribution in [1.82, 2.24) is 20.0 Å². The first-order chi connectivity index (χ1) is 17.0. The number of piperidine rings is 2. The number of carboxylic acid groups (broad SMARTS) is 1. The lowest BCUT2D eigenvalue weighted by atomic mass is 9.87. The van der Waals surface area contributed by atoms with Gasteiger partial charge in [-0.15, -0.1) is 0 Å². The Balaban J connectivity index is 1.22. The molecule has 1 aromatic carbocycles. The molecule has 4 aliphatic heterocycles. The van der Waals surface area contributed by atoms with Crippen molar-refractivity contribution in [1.29, 1.82) is 0 Å². The zero-order chi connectivity index (χ0) is 25.8. The molecule has 4 heterocycles. The number of hydrogen-bond acceptors (Lipinski definition) is 7. The van der Waals surface area contributed by atoms with Gasteiger partial charge < -0.3 is 5.11 Å². The largest absolute Gasteiger partial charge is 0.481 e. The molecule has 10 heteroatoms. The van der Waals surface area contributed by atoms with Crippen LogP contribution in [-0.2, 0) is 20.8 Å². The summed E-state index contributed by atoms with van der Waals surface area (Å²) in [5.41, 5.74) is 1.37. The second-order valence-corrected chi connectivity index (χ2v) is 11.0. The number of aliphatic carboxylic acids is 1. The zero-order valence-electron chi connectivity index (χ0n) is 20.7. The van der Waals surface area contributed by atoms with Crippen LogP contribution in [0.5, 0.6) is 0 Å². The Bertz CT molecular complexity index is 1130. The molecule has 4 amide bonds. The smallest absolute Gasteiger partial charge is 0.309 e. The van der Waals surface area contributed by atoms with Crippen LogP contribution in [-0.4, -0.2) is 93.2 Å². The molecule has 3 saturated heterocycles. The Hall–Kier alpha value is -3.11. The van der Waals surface area contributed by atoms with E-state index in [1.807, 2.05) is 6.07 Å².